The molecule has 0 radical (unpaired) electrons. The van der Waals surface area contributed by atoms with E-state index in [1.165, 1.54) is 60.7 Å². The van der Waals surface area contributed by atoms with Crippen LogP contribution in [0.3, 0.4) is 0 Å². The molecule has 0 saturated carbocycles. The van der Waals surface area contributed by atoms with E-state index in [1.54, 1.807) is 38.1 Å². The molecule has 0 saturated heterocycles. The number of rotatable bonds is 10. The molecule has 0 aliphatic heterocycles. The summed E-state index contributed by atoms with van der Waals surface area (Å²) in [6.07, 6.45) is -1.01. The van der Waals surface area contributed by atoms with E-state index in [0.29, 0.717) is 33.4 Å². The Morgan fingerprint density at radius 2 is 0.840 bits per heavy atom. The highest BCUT2D eigenvalue weighted by atomic mass is 19.1. The van der Waals surface area contributed by atoms with Crippen LogP contribution in [0.4, 0.5) is 13.6 Å². The lowest BCUT2D eigenvalue weighted by atomic mass is 9.91. The van der Waals surface area contributed by atoms with Gasteiger partial charge in [-0.05, 0) is 82.9 Å². The lowest BCUT2D eigenvalue weighted by Crippen LogP contribution is -2.14. The fourth-order valence-corrected chi connectivity index (χ4v) is 5.70. The van der Waals surface area contributed by atoms with Crippen LogP contribution in [-0.2, 0) is 0 Å². The first-order valence-corrected chi connectivity index (χ1v) is 16.1. The van der Waals surface area contributed by atoms with Crippen molar-refractivity contribution in [2.45, 2.75) is 25.7 Å². The Morgan fingerprint density at radius 1 is 0.480 bits per heavy atom. The van der Waals surface area contributed by atoms with Crippen LogP contribution in [0.25, 0.3) is 22.3 Å². The second kappa shape index (κ2) is 14.9. The van der Waals surface area contributed by atoms with Gasteiger partial charge in [0.05, 0.1) is 0 Å². The van der Waals surface area contributed by atoms with Gasteiger partial charge in [0.25, 0.3) is 0 Å². The minimum atomic E-state index is -1.01. The molecule has 50 heavy (non-hydrogen) atoms. The number of carbonyl (C=O) groups excluding carboxylic acids is 3. The maximum absolute atomic E-state index is 14.9. The number of hydrogen-bond acceptors (Lipinski definition) is 5. The molecule has 6 rings (SSSR count). The van der Waals surface area contributed by atoms with Crippen molar-refractivity contribution in [3.63, 3.8) is 0 Å². The fourth-order valence-electron chi connectivity index (χ4n) is 5.70. The number of Topliss-reactive ketones (excluding diaryl/α,β-unsaturated/α-hetero) is 2. The van der Waals surface area contributed by atoms with Crippen molar-refractivity contribution in [2.75, 3.05) is 0 Å². The molecule has 0 amide bonds. The second-order valence-corrected chi connectivity index (χ2v) is 11.9. The van der Waals surface area contributed by atoms with Crippen LogP contribution in [0.2, 0.25) is 0 Å². The first-order chi connectivity index (χ1) is 24.2. The van der Waals surface area contributed by atoms with Crippen LogP contribution < -0.4 is 9.47 Å². The summed E-state index contributed by atoms with van der Waals surface area (Å²) in [6.45, 7) is 3.42. The Labute approximate surface area is 288 Å². The van der Waals surface area contributed by atoms with Gasteiger partial charge in [-0.2, -0.15) is 0 Å². The van der Waals surface area contributed by atoms with Crippen LogP contribution in [-0.4, -0.2) is 17.7 Å². The number of halogens is 2. The van der Waals surface area contributed by atoms with E-state index in [0.717, 1.165) is 11.1 Å². The molecule has 0 aliphatic carbocycles. The van der Waals surface area contributed by atoms with E-state index in [9.17, 15) is 23.2 Å². The molecular formula is C43H32F2O5. The third-order valence-corrected chi connectivity index (χ3v) is 8.62. The fraction of sp³-hybridized carbons (Fsp3) is 0.0930. The number of ether oxygens (including phenoxy) is 2. The minimum absolute atomic E-state index is 0.156. The molecule has 2 unspecified atom stereocenters. The average Bonchev–Trinajstić information content (AvgIpc) is 3.15. The predicted octanol–water partition coefficient (Wildman–Crippen LogP) is 10.8. The minimum Gasteiger partial charge on any atom is -0.395 e. The van der Waals surface area contributed by atoms with Gasteiger partial charge in [-0.3, -0.25) is 9.59 Å². The van der Waals surface area contributed by atoms with Crippen LogP contribution >= 0.6 is 0 Å². The zero-order chi connectivity index (χ0) is 35.2. The van der Waals surface area contributed by atoms with E-state index >= 15 is 0 Å². The monoisotopic (exact) mass is 666 g/mol. The Balaban J connectivity index is 1.03. The summed E-state index contributed by atoms with van der Waals surface area (Å²) in [5.74, 6) is -2.16. The molecule has 2 atom stereocenters. The molecular weight excluding hydrogens is 634 g/mol. The SMILES string of the molecule is CC(C(=O)c1ccc(OC(=O)Oc2ccc(C(=O)C(C)c3ccc(-c4ccccc4)c(F)c3)cc2)cc1)c1ccc(-c2ccccc2)c(F)c1. The van der Waals surface area contributed by atoms with Crippen molar-refractivity contribution in [3.05, 3.63) is 179 Å². The van der Waals surface area contributed by atoms with Crippen molar-refractivity contribution in [3.8, 4) is 33.8 Å². The van der Waals surface area contributed by atoms with Gasteiger partial charge >= 0.3 is 6.16 Å². The van der Waals surface area contributed by atoms with Crippen LogP contribution in [0.15, 0.2) is 146 Å². The molecule has 0 aromatic heterocycles. The average molecular weight is 667 g/mol. The number of ketones is 2. The third-order valence-electron chi connectivity index (χ3n) is 8.62. The molecule has 248 valence electrons. The van der Waals surface area contributed by atoms with Gasteiger partial charge in [-0.1, -0.05) is 98.8 Å². The van der Waals surface area contributed by atoms with E-state index in [1.807, 2.05) is 60.7 Å². The summed E-state index contributed by atoms with van der Waals surface area (Å²) in [5, 5.41) is 0. The summed E-state index contributed by atoms with van der Waals surface area (Å²) >= 11 is 0. The van der Waals surface area contributed by atoms with Crippen molar-refractivity contribution in [1.29, 1.82) is 0 Å². The van der Waals surface area contributed by atoms with E-state index in [-0.39, 0.29) is 23.1 Å². The second-order valence-electron chi connectivity index (χ2n) is 11.9. The Hall–Kier alpha value is -6.21. The topological polar surface area (TPSA) is 69.7 Å². The van der Waals surface area contributed by atoms with E-state index in [4.69, 9.17) is 9.47 Å². The first kappa shape index (κ1) is 33.7. The van der Waals surface area contributed by atoms with Crippen LogP contribution in [0, 0.1) is 11.6 Å². The Bertz CT molecular complexity index is 1990. The van der Waals surface area contributed by atoms with Gasteiger partial charge in [0.15, 0.2) is 11.6 Å². The summed E-state index contributed by atoms with van der Waals surface area (Å²) < 4.78 is 40.4. The Morgan fingerprint density at radius 3 is 1.18 bits per heavy atom. The van der Waals surface area contributed by atoms with Gasteiger partial charge in [0.1, 0.15) is 23.1 Å². The van der Waals surface area contributed by atoms with Crippen molar-refractivity contribution < 1.29 is 32.6 Å². The third kappa shape index (κ3) is 7.58. The molecule has 6 aromatic rings. The number of hydrogen-bond donors (Lipinski definition) is 0. The number of carbonyl (C=O) groups is 3. The highest BCUT2D eigenvalue weighted by Gasteiger charge is 2.21. The number of benzene rings is 6. The zero-order valence-electron chi connectivity index (χ0n) is 27.3. The van der Waals surface area contributed by atoms with Crippen LogP contribution in [0.1, 0.15) is 57.5 Å². The highest BCUT2D eigenvalue weighted by Crippen LogP contribution is 2.30. The smallest absolute Gasteiger partial charge is 0.395 e. The molecule has 7 heteroatoms. The zero-order valence-corrected chi connectivity index (χ0v) is 27.3. The summed E-state index contributed by atoms with van der Waals surface area (Å²) in [4.78, 5) is 38.8. The lowest BCUT2D eigenvalue weighted by molar-refractivity contribution is 0.0958. The molecule has 6 aromatic carbocycles. The summed E-state index contributed by atoms with van der Waals surface area (Å²) in [5.41, 5.74) is 4.25. The first-order valence-electron chi connectivity index (χ1n) is 16.1. The molecule has 0 N–H and O–H groups in total. The maximum atomic E-state index is 14.9. The van der Waals surface area contributed by atoms with Gasteiger partial charge < -0.3 is 9.47 Å². The predicted molar refractivity (Wildman–Crippen MR) is 189 cm³/mol. The van der Waals surface area contributed by atoms with E-state index in [2.05, 4.69) is 0 Å². The maximum Gasteiger partial charge on any atom is 0.519 e. The van der Waals surface area contributed by atoms with Crippen molar-refractivity contribution in [2.24, 2.45) is 0 Å². The quantitative estimate of drug-likeness (QED) is 0.0827. The lowest BCUT2D eigenvalue weighted by Gasteiger charge is -2.14. The van der Waals surface area contributed by atoms with Crippen molar-refractivity contribution >= 4 is 17.7 Å². The molecule has 0 bridgehead atoms. The molecule has 0 heterocycles. The molecule has 0 aliphatic rings. The molecule has 5 nitrogen and oxygen atoms in total. The van der Waals surface area contributed by atoms with Gasteiger partial charge in [0, 0.05) is 34.1 Å². The molecule has 0 spiro atoms. The largest absolute Gasteiger partial charge is 0.519 e. The van der Waals surface area contributed by atoms with Crippen molar-refractivity contribution in [1.82, 2.24) is 0 Å². The van der Waals surface area contributed by atoms with Gasteiger partial charge in [0.2, 0.25) is 0 Å². The Kier molecular flexibility index (Phi) is 10.0. The summed E-state index contributed by atoms with van der Waals surface area (Å²) in [7, 11) is 0. The van der Waals surface area contributed by atoms with E-state index < -0.39 is 29.6 Å². The van der Waals surface area contributed by atoms with Gasteiger partial charge in [-0.25, -0.2) is 13.6 Å². The standard InChI is InChI=1S/C43H32F2O5/c1-27(33-17-23-37(39(44)25-33)29-9-5-3-6-10-29)41(46)31-13-19-35(20-14-31)49-43(48)50-36-21-15-32(16-22-36)42(47)28(2)34-18-24-38(40(45)26-34)30-11-7-4-8-12-30/h3-28H,1-2H3. The van der Waals surface area contributed by atoms with Gasteiger partial charge in [-0.15, -0.1) is 0 Å². The molecule has 0 fully saturated rings. The summed E-state index contributed by atoms with van der Waals surface area (Å²) in [6, 6.07) is 40.0. The highest BCUT2D eigenvalue weighted by molar-refractivity contribution is 6.01. The van der Waals surface area contributed by atoms with Crippen LogP contribution in [0.5, 0.6) is 11.5 Å². The normalized spacial score (nSPS) is 12.1.